The van der Waals surface area contributed by atoms with Crippen molar-refractivity contribution in [2.45, 2.75) is 22.9 Å². The molecule has 5 aromatic rings. The van der Waals surface area contributed by atoms with Crippen molar-refractivity contribution in [3.05, 3.63) is 103 Å². The summed E-state index contributed by atoms with van der Waals surface area (Å²) >= 11 is 0. The molecule has 0 atom stereocenters. The number of para-hydroxylation sites is 1. The molecule has 0 unspecified atom stereocenters. The molecule has 0 saturated heterocycles. The normalized spacial score (nSPS) is 17.3. The molecule has 0 aromatic heterocycles. The Morgan fingerprint density at radius 1 is 0.579 bits per heavy atom. The second-order valence-electron chi connectivity index (χ2n) is 11.4. The van der Waals surface area contributed by atoms with Crippen LogP contribution in [0.5, 0.6) is 11.5 Å². The third-order valence-corrected chi connectivity index (χ3v) is 15.2. The van der Waals surface area contributed by atoms with E-state index < -0.39 is 18.1 Å². The third kappa shape index (κ3) is 2.79. The zero-order valence-electron chi connectivity index (χ0n) is 22.1. The van der Waals surface area contributed by atoms with Gasteiger partial charge in [-0.25, -0.2) is 0 Å². The first-order chi connectivity index (χ1) is 18.4. The van der Waals surface area contributed by atoms with Crippen LogP contribution in [0.15, 0.2) is 113 Å². The summed E-state index contributed by atoms with van der Waals surface area (Å²) in [5, 5.41) is 2.98. The summed E-state index contributed by atoms with van der Waals surface area (Å²) in [6.45, 7) is 4.93. The van der Waals surface area contributed by atoms with E-state index in [1.165, 1.54) is 42.4 Å². The van der Waals surface area contributed by atoms with Gasteiger partial charge in [-0.3, -0.25) is 0 Å². The van der Waals surface area contributed by atoms with Gasteiger partial charge in [0.1, 0.15) is 8.07 Å². The quantitative estimate of drug-likeness (QED) is 0.199. The smallest absolute Gasteiger partial charge is 0.152 e. The summed E-state index contributed by atoms with van der Waals surface area (Å²) in [6.07, 6.45) is 4.82. The maximum absolute atomic E-state index is 6.86. The first kappa shape index (κ1) is 22.3. The molecule has 38 heavy (non-hydrogen) atoms. The van der Waals surface area contributed by atoms with Gasteiger partial charge < -0.3 is 9.64 Å². The van der Waals surface area contributed by atoms with Gasteiger partial charge in [0.25, 0.3) is 0 Å². The minimum atomic E-state index is -1.81. The van der Waals surface area contributed by atoms with Crippen LogP contribution in [-0.2, 0) is 0 Å². The lowest BCUT2D eigenvalue weighted by Gasteiger charge is -2.35. The van der Waals surface area contributed by atoms with Gasteiger partial charge in [-0.1, -0.05) is 73.8 Å². The maximum atomic E-state index is 6.86. The minimum Gasteiger partial charge on any atom is -0.453 e. The molecule has 0 fully saturated rings. The Labute approximate surface area is 226 Å². The number of ether oxygens (including phenoxy) is 1. The fourth-order valence-corrected chi connectivity index (χ4v) is 12.3. The molecule has 0 spiro atoms. The van der Waals surface area contributed by atoms with Crippen molar-refractivity contribution >= 4 is 45.5 Å². The second kappa shape index (κ2) is 7.43. The number of hydrogen-bond acceptors (Lipinski definition) is 2. The Kier molecular flexibility index (Phi) is 4.36. The molecule has 0 radical (unpaired) electrons. The van der Waals surface area contributed by atoms with Gasteiger partial charge in [-0.05, 0) is 87.6 Å². The van der Waals surface area contributed by atoms with Crippen LogP contribution < -0.4 is 20.0 Å². The molecule has 0 N–H and O–H groups in total. The highest BCUT2D eigenvalue weighted by Gasteiger charge is 2.41. The highest BCUT2D eigenvalue weighted by Crippen LogP contribution is 2.69. The highest BCUT2D eigenvalue weighted by molar-refractivity contribution is 8.33. The molecular formula is C34H29NOSSi. The largest absolute Gasteiger partial charge is 0.453 e. The van der Waals surface area contributed by atoms with Crippen molar-refractivity contribution in [1.29, 1.82) is 0 Å². The van der Waals surface area contributed by atoms with Crippen LogP contribution in [0.1, 0.15) is 0 Å². The highest BCUT2D eigenvalue weighted by atomic mass is 32.3. The Hall–Kier alpha value is -3.73. The molecule has 3 heterocycles. The summed E-state index contributed by atoms with van der Waals surface area (Å²) in [7, 11) is -2.92. The molecule has 0 aliphatic carbocycles. The van der Waals surface area contributed by atoms with E-state index in [1.54, 1.807) is 0 Å². The van der Waals surface area contributed by atoms with Crippen LogP contribution in [-0.4, -0.2) is 20.6 Å². The molecule has 0 amide bonds. The van der Waals surface area contributed by atoms with Gasteiger partial charge in [0.05, 0.1) is 11.4 Å². The second-order valence-corrected chi connectivity index (χ2v) is 19.3. The monoisotopic (exact) mass is 527 g/mol. The molecule has 3 aliphatic rings. The van der Waals surface area contributed by atoms with Crippen LogP contribution in [0.4, 0.5) is 17.1 Å². The van der Waals surface area contributed by atoms with E-state index >= 15 is 0 Å². The molecule has 4 heteroatoms. The van der Waals surface area contributed by atoms with E-state index in [1.807, 2.05) is 0 Å². The Bertz CT molecular complexity index is 1690. The lowest BCUT2D eigenvalue weighted by Crippen LogP contribution is -2.49. The SMILES string of the molecule is C[Si]1(C)c2ccccc2-c2cc3c(cc21)Oc1cc2c(cc1N3c1ccccc1)-c1ccccc1S2(C)C. The van der Waals surface area contributed by atoms with E-state index in [0.717, 1.165) is 28.6 Å². The maximum Gasteiger partial charge on any atom is 0.152 e. The summed E-state index contributed by atoms with van der Waals surface area (Å²) in [5.74, 6) is 1.90. The van der Waals surface area contributed by atoms with E-state index in [-0.39, 0.29) is 0 Å². The zero-order chi connectivity index (χ0) is 25.8. The van der Waals surface area contributed by atoms with Gasteiger partial charge in [-0.2, -0.15) is 10.0 Å². The summed E-state index contributed by atoms with van der Waals surface area (Å²) < 4.78 is 6.86. The fraction of sp³-hybridized carbons (Fsp3) is 0.118. The van der Waals surface area contributed by atoms with E-state index in [2.05, 4.69) is 134 Å². The Morgan fingerprint density at radius 2 is 1.21 bits per heavy atom. The average Bonchev–Trinajstić information content (AvgIpc) is 3.29. The third-order valence-electron chi connectivity index (χ3n) is 8.72. The predicted octanol–water partition coefficient (Wildman–Crippen LogP) is 8.53. The van der Waals surface area contributed by atoms with Crippen molar-refractivity contribution in [2.75, 3.05) is 17.4 Å². The van der Waals surface area contributed by atoms with E-state index in [9.17, 15) is 0 Å². The number of hydrogen-bond donors (Lipinski definition) is 0. The lowest BCUT2D eigenvalue weighted by atomic mass is 10.0. The zero-order valence-corrected chi connectivity index (χ0v) is 23.9. The van der Waals surface area contributed by atoms with Gasteiger partial charge >= 0.3 is 0 Å². The van der Waals surface area contributed by atoms with Gasteiger partial charge in [0.2, 0.25) is 0 Å². The van der Waals surface area contributed by atoms with Crippen LogP contribution in [0.3, 0.4) is 0 Å². The molecular weight excluding hydrogens is 499 g/mol. The molecule has 8 rings (SSSR count). The molecule has 3 aliphatic heterocycles. The van der Waals surface area contributed by atoms with E-state index in [0.29, 0.717) is 0 Å². The first-order valence-electron chi connectivity index (χ1n) is 13.2. The molecule has 5 aromatic carbocycles. The summed E-state index contributed by atoms with van der Waals surface area (Å²) in [4.78, 5) is 5.29. The topological polar surface area (TPSA) is 12.5 Å². The van der Waals surface area contributed by atoms with Gasteiger partial charge in [-0.15, -0.1) is 0 Å². The summed E-state index contributed by atoms with van der Waals surface area (Å²) in [6, 6.07) is 38.1. The number of nitrogens with zero attached hydrogens (tertiary/aromatic N) is 1. The van der Waals surface area contributed by atoms with Crippen molar-refractivity contribution in [3.8, 4) is 33.8 Å². The molecule has 2 nitrogen and oxygen atoms in total. The average molecular weight is 528 g/mol. The van der Waals surface area contributed by atoms with E-state index in [4.69, 9.17) is 4.74 Å². The number of fused-ring (bicyclic) bond motifs is 8. The first-order valence-corrected chi connectivity index (χ1v) is 18.6. The fourth-order valence-electron chi connectivity index (χ4n) is 6.77. The van der Waals surface area contributed by atoms with Gasteiger partial charge in [0, 0.05) is 15.5 Å². The number of rotatable bonds is 1. The lowest BCUT2D eigenvalue weighted by molar-refractivity contribution is 0.476. The van der Waals surface area contributed by atoms with Crippen LogP contribution in [0, 0.1) is 0 Å². The molecule has 0 bridgehead atoms. The Balaban J connectivity index is 1.41. The van der Waals surface area contributed by atoms with Crippen LogP contribution in [0.2, 0.25) is 13.1 Å². The van der Waals surface area contributed by atoms with Crippen LogP contribution >= 0.6 is 10.0 Å². The predicted molar refractivity (Wildman–Crippen MR) is 165 cm³/mol. The van der Waals surface area contributed by atoms with Crippen LogP contribution in [0.25, 0.3) is 22.3 Å². The van der Waals surface area contributed by atoms with Crippen molar-refractivity contribution < 1.29 is 4.74 Å². The minimum absolute atomic E-state index is 0.948. The van der Waals surface area contributed by atoms with Gasteiger partial charge in [0.15, 0.2) is 11.5 Å². The summed E-state index contributed by atoms with van der Waals surface area (Å²) in [5.41, 5.74) is 8.82. The standard InChI is InChI=1S/C34H29NOSSi/c1-37(2)31-16-10-8-14-23(31)25-18-27-29(20-32(25)37)36-30-21-34-26(24-15-9-11-17-33(24)38(34,3)4)19-28(30)35(27)22-12-6-5-7-13-22/h5-21H,1-4H3. The number of anilines is 3. The van der Waals surface area contributed by atoms with Crippen molar-refractivity contribution in [3.63, 3.8) is 0 Å². The molecule has 186 valence electrons. The van der Waals surface area contributed by atoms with Crippen molar-refractivity contribution in [1.82, 2.24) is 0 Å². The number of benzene rings is 5. The Morgan fingerprint density at radius 3 is 2.00 bits per heavy atom. The van der Waals surface area contributed by atoms with Crippen molar-refractivity contribution in [2.24, 2.45) is 0 Å². The molecule has 0 saturated carbocycles.